The highest BCUT2D eigenvalue weighted by Gasteiger charge is 2.16. The summed E-state index contributed by atoms with van der Waals surface area (Å²) in [6.07, 6.45) is 0. The van der Waals surface area contributed by atoms with E-state index in [1.807, 2.05) is 0 Å². The number of benzene rings is 2. The van der Waals surface area contributed by atoms with Gasteiger partial charge in [-0.05, 0) is 23.8 Å². The van der Waals surface area contributed by atoms with Crippen molar-refractivity contribution in [1.29, 1.82) is 0 Å². The van der Waals surface area contributed by atoms with Gasteiger partial charge in [0, 0.05) is 16.2 Å². The molecule has 0 heterocycles. The summed E-state index contributed by atoms with van der Waals surface area (Å²) in [5.41, 5.74) is 0.776. The van der Waals surface area contributed by atoms with Crippen LogP contribution in [0.2, 0.25) is 0 Å². The van der Waals surface area contributed by atoms with Crippen LogP contribution in [0, 0.1) is 0 Å². The van der Waals surface area contributed by atoms with E-state index in [4.69, 9.17) is 10.7 Å². The van der Waals surface area contributed by atoms with Gasteiger partial charge in [-0.2, -0.15) is 8.78 Å². The Balaban J connectivity index is 2.60. The highest BCUT2D eigenvalue weighted by Crippen LogP contribution is 2.34. The molecule has 0 saturated carbocycles. The fraction of sp³-hybridized carbons (Fsp3) is 0.0769. The first kappa shape index (κ1) is 14.7. The van der Waals surface area contributed by atoms with E-state index in [-0.39, 0.29) is 16.2 Å². The van der Waals surface area contributed by atoms with Crippen LogP contribution >= 0.6 is 10.7 Å². The second-order valence-corrected chi connectivity index (χ2v) is 6.41. The van der Waals surface area contributed by atoms with Crippen molar-refractivity contribution >= 4 is 19.7 Å². The van der Waals surface area contributed by atoms with E-state index >= 15 is 0 Å². The second-order valence-electron chi connectivity index (χ2n) is 3.84. The molecule has 0 saturated heterocycles. The fourth-order valence-electron chi connectivity index (χ4n) is 1.70. The first-order chi connectivity index (χ1) is 9.38. The second kappa shape index (κ2) is 5.76. The van der Waals surface area contributed by atoms with Gasteiger partial charge in [-0.3, -0.25) is 0 Å². The van der Waals surface area contributed by atoms with Gasteiger partial charge in [-0.1, -0.05) is 30.3 Å². The molecule has 0 fully saturated rings. The van der Waals surface area contributed by atoms with Crippen LogP contribution in [0.3, 0.4) is 0 Å². The molecule has 3 nitrogen and oxygen atoms in total. The number of hydrogen-bond donors (Lipinski definition) is 0. The number of rotatable bonds is 4. The third-order valence-electron chi connectivity index (χ3n) is 2.53. The van der Waals surface area contributed by atoms with E-state index in [0.717, 1.165) is 12.1 Å². The van der Waals surface area contributed by atoms with Gasteiger partial charge in [-0.15, -0.1) is 0 Å². The number of hydrogen-bond acceptors (Lipinski definition) is 3. The normalized spacial score (nSPS) is 11.6. The molecule has 2 rings (SSSR count). The van der Waals surface area contributed by atoms with Crippen molar-refractivity contribution in [1.82, 2.24) is 0 Å². The molecule has 0 aliphatic rings. The summed E-state index contributed by atoms with van der Waals surface area (Å²) in [6.45, 7) is -3.00. The molecule has 2 aromatic carbocycles. The molecule has 0 spiro atoms. The van der Waals surface area contributed by atoms with Gasteiger partial charge in [0.25, 0.3) is 9.05 Å². The fourth-order valence-corrected chi connectivity index (χ4v) is 2.48. The maximum atomic E-state index is 12.4. The highest BCUT2D eigenvalue weighted by atomic mass is 35.7. The number of alkyl halides is 2. The third kappa shape index (κ3) is 3.46. The zero-order valence-corrected chi connectivity index (χ0v) is 11.5. The van der Waals surface area contributed by atoms with Crippen LogP contribution in [0.5, 0.6) is 5.75 Å². The SMILES string of the molecule is O=S(=O)(Cl)c1ccc(OC(F)F)c(-c2ccccc2)c1. The van der Waals surface area contributed by atoms with Crippen LogP contribution in [0.25, 0.3) is 11.1 Å². The minimum Gasteiger partial charge on any atom is -0.434 e. The number of halogens is 3. The van der Waals surface area contributed by atoms with E-state index in [0.29, 0.717) is 5.56 Å². The van der Waals surface area contributed by atoms with Gasteiger partial charge in [-0.25, -0.2) is 8.42 Å². The Morgan fingerprint density at radius 2 is 1.70 bits per heavy atom. The van der Waals surface area contributed by atoms with Crippen molar-refractivity contribution in [3.8, 4) is 16.9 Å². The Hall–Kier alpha value is -1.66. The molecule has 0 amide bonds. The van der Waals surface area contributed by atoms with Gasteiger partial charge >= 0.3 is 6.61 Å². The molecular formula is C13H9ClF2O3S. The Morgan fingerprint density at radius 3 is 2.25 bits per heavy atom. The van der Waals surface area contributed by atoms with Crippen LogP contribution in [-0.2, 0) is 9.05 Å². The van der Waals surface area contributed by atoms with E-state index in [1.54, 1.807) is 30.3 Å². The maximum absolute atomic E-state index is 12.4. The van der Waals surface area contributed by atoms with Crippen molar-refractivity contribution < 1.29 is 21.9 Å². The summed E-state index contributed by atoms with van der Waals surface area (Å²) in [4.78, 5) is -0.181. The molecule has 2 aromatic rings. The summed E-state index contributed by atoms with van der Waals surface area (Å²) in [5, 5.41) is 0. The molecule has 106 valence electrons. The average molecular weight is 319 g/mol. The molecule has 20 heavy (non-hydrogen) atoms. The van der Waals surface area contributed by atoms with E-state index in [1.165, 1.54) is 6.07 Å². The van der Waals surface area contributed by atoms with Gasteiger partial charge in [0.1, 0.15) is 5.75 Å². The topological polar surface area (TPSA) is 43.4 Å². The minimum absolute atomic E-state index is 0.115. The summed E-state index contributed by atoms with van der Waals surface area (Å²) in [6, 6.07) is 11.9. The minimum atomic E-state index is -3.95. The molecule has 7 heteroatoms. The largest absolute Gasteiger partial charge is 0.434 e. The molecule has 0 radical (unpaired) electrons. The van der Waals surface area contributed by atoms with Gasteiger partial charge < -0.3 is 4.74 Å². The molecule has 0 N–H and O–H groups in total. The Kier molecular flexibility index (Phi) is 4.25. The van der Waals surface area contributed by atoms with Crippen molar-refractivity contribution in [3.63, 3.8) is 0 Å². The standard InChI is InChI=1S/C13H9ClF2O3S/c14-20(17,18)10-6-7-12(19-13(15)16)11(8-10)9-4-2-1-3-5-9/h1-8,13H. The predicted octanol–water partition coefficient (Wildman–Crippen LogP) is 3.88. The molecule has 0 bridgehead atoms. The quantitative estimate of drug-likeness (QED) is 0.803. The molecule has 0 aromatic heterocycles. The molecule has 0 aliphatic heterocycles. The van der Waals surface area contributed by atoms with Crippen molar-refractivity contribution in [2.24, 2.45) is 0 Å². The van der Waals surface area contributed by atoms with Crippen LogP contribution in [0.4, 0.5) is 8.78 Å². The Morgan fingerprint density at radius 1 is 1.05 bits per heavy atom. The molecule has 0 atom stereocenters. The lowest BCUT2D eigenvalue weighted by Gasteiger charge is -2.12. The highest BCUT2D eigenvalue weighted by molar-refractivity contribution is 8.13. The first-order valence-electron chi connectivity index (χ1n) is 5.47. The summed E-state index contributed by atoms with van der Waals surface area (Å²) < 4.78 is 51.8. The monoisotopic (exact) mass is 318 g/mol. The zero-order chi connectivity index (χ0) is 14.8. The molecular weight excluding hydrogens is 310 g/mol. The van der Waals surface area contributed by atoms with Crippen LogP contribution in [0.15, 0.2) is 53.4 Å². The predicted molar refractivity (Wildman–Crippen MR) is 71.5 cm³/mol. The van der Waals surface area contributed by atoms with E-state index < -0.39 is 15.7 Å². The lowest BCUT2D eigenvalue weighted by Crippen LogP contribution is -2.04. The summed E-state index contributed by atoms with van der Waals surface area (Å²) in [5.74, 6) is -0.115. The Labute approximate surface area is 119 Å². The van der Waals surface area contributed by atoms with E-state index in [9.17, 15) is 17.2 Å². The average Bonchev–Trinajstić information content (AvgIpc) is 2.38. The summed E-state index contributed by atoms with van der Waals surface area (Å²) >= 11 is 0. The summed E-state index contributed by atoms with van der Waals surface area (Å²) in [7, 11) is 1.31. The van der Waals surface area contributed by atoms with Crippen LogP contribution < -0.4 is 4.74 Å². The first-order valence-corrected chi connectivity index (χ1v) is 7.78. The number of ether oxygens (including phenoxy) is 1. The van der Waals surface area contributed by atoms with Crippen molar-refractivity contribution in [3.05, 3.63) is 48.5 Å². The smallest absolute Gasteiger partial charge is 0.387 e. The van der Waals surface area contributed by atoms with E-state index in [2.05, 4.69) is 4.74 Å². The van der Waals surface area contributed by atoms with Gasteiger partial charge in [0.05, 0.1) is 4.90 Å². The van der Waals surface area contributed by atoms with Gasteiger partial charge in [0.15, 0.2) is 0 Å². The molecule has 0 aliphatic carbocycles. The Bertz CT molecular complexity index is 703. The van der Waals surface area contributed by atoms with Crippen molar-refractivity contribution in [2.75, 3.05) is 0 Å². The van der Waals surface area contributed by atoms with Crippen LogP contribution in [-0.4, -0.2) is 15.0 Å². The van der Waals surface area contributed by atoms with Gasteiger partial charge in [0.2, 0.25) is 0 Å². The maximum Gasteiger partial charge on any atom is 0.387 e. The van der Waals surface area contributed by atoms with Crippen LogP contribution in [0.1, 0.15) is 0 Å². The zero-order valence-electron chi connectivity index (χ0n) is 9.96. The third-order valence-corrected chi connectivity index (χ3v) is 3.88. The molecule has 0 unspecified atom stereocenters. The lowest BCUT2D eigenvalue weighted by atomic mass is 10.1. The van der Waals surface area contributed by atoms with Crippen molar-refractivity contribution in [2.45, 2.75) is 11.5 Å². The lowest BCUT2D eigenvalue weighted by molar-refractivity contribution is -0.0494.